The third-order valence-electron chi connectivity index (χ3n) is 8.30. The Labute approximate surface area is 301 Å². The average molecular weight is 710 g/mol. The molecule has 0 saturated heterocycles. The Morgan fingerprint density at radius 1 is 0.500 bits per heavy atom. The fraction of sp³-hybridized carbons (Fsp3) is 0.256. The van der Waals surface area contributed by atoms with Gasteiger partial charge in [0.05, 0.1) is 6.04 Å². The number of carboxylic acids is 1. The molecule has 0 unspecified atom stereocenters. The summed E-state index contributed by atoms with van der Waals surface area (Å²) in [6.45, 7) is 1.45. The second-order valence-corrected chi connectivity index (χ2v) is 12.5. The van der Waals surface area contributed by atoms with Gasteiger partial charge in [0.2, 0.25) is 23.6 Å². The number of carbonyl (C=O) groups is 5. The van der Waals surface area contributed by atoms with E-state index in [1.54, 1.807) is 84.9 Å². The highest BCUT2D eigenvalue weighted by molar-refractivity contribution is 5.95. The highest BCUT2D eigenvalue weighted by Crippen LogP contribution is 2.14. The lowest BCUT2D eigenvalue weighted by molar-refractivity contribution is -0.142. The van der Waals surface area contributed by atoms with Crippen LogP contribution in [0, 0.1) is 0 Å². The third-order valence-corrected chi connectivity index (χ3v) is 8.30. The van der Waals surface area contributed by atoms with Crippen molar-refractivity contribution in [2.24, 2.45) is 5.73 Å². The summed E-state index contributed by atoms with van der Waals surface area (Å²) in [7, 11) is 0. The normalized spacial score (nSPS) is 13.7. The summed E-state index contributed by atoms with van der Waals surface area (Å²) in [5.74, 6) is -3.95. The van der Waals surface area contributed by atoms with Gasteiger partial charge in [0.25, 0.3) is 0 Å². The van der Waals surface area contributed by atoms with Crippen LogP contribution in [0.5, 0.6) is 11.5 Å². The van der Waals surface area contributed by atoms with Gasteiger partial charge in [-0.1, -0.05) is 84.9 Å². The van der Waals surface area contributed by atoms with E-state index >= 15 is 0 Å². The van der Waals surface area contributed by atoms with Gasteiger partial charge in [-0.2, -0.15) is 0 Å². The monoisotopic (exact) mass is 709 g/mol. The van der Waals surface area contributed by atoms with E-state index in [2.05, 4.69) is 21.3 Å². The molecule has 13 heteroatoms. The van der Waals surface area contributed by atoms with E-state index in [0.29, 0.717) is 22.3 Å². The van der Waals surface area contributed by atoms with Crippen LogP contribution in [0.2, 0.25) is 0 Å². The summed E-state index contributed by atoms with van der Waals surface area (Å²) in [5.41, 5.74) is 8.75. The molecule has 52 heavy (non-hydrogen) atoms. The molecule has 0 aliphatic carbocycles. The van der Waals surface area contributed by atoms with Crippen molar-refractivity contribution in [1.29, 1.82) is 0 Å². The van der Waals surface area contributed by atoms with Crippen molar-refractivity contribution in [3.8, 4) is 11.5 Å². The van der Waals surface area contributed by atoms with Gasteiger partial charge in [-0.05, 0) is 59.9 Å². The second kappa shape index (κ2) is 18.7. The molecule has 0 bridgehead atoms. The standard InChI is InChI=1S/C39H43N5O8/c1-24(41-36(48)31(40)20-27-12-16-29(45)17-13-27)35(47)42-32(21-25-8-4-2-5-9-25)37(49)43-33(22-26-10-6-3-7-11-26)38(50)44-34(39(51)52)23-28-14-18-30(46)19-15-28/h2-19,24,31-34,45-46H,20-23,40H2,1H3,(H,41,48)(H,42,47)(H,43,49)(H,44,50)(H,51,52)/t24-,31-,32-,33-,34-/m1/s1. The van der Waals surface area contributed by atoms with Crippen LogP contribution in [-0.4, -0.2) is 75.1 Å². The predicted octanol–water partition coefficient (Wildman–Crippen LogP) is 1.74. The quantitative estimate of drug-likeness (QED) is 0.0799. The summed E-state index contributed by atoms with van der Waals surface area (Å²) in [4.78, 5) is 66.1. The zero-order chi connectivity index (χ0) is 37.6. The molecule has 0 radical (unpaired) electrons. The number of phenols is 2. The maximum Gasteiger partial charge on any atom is 0.326 e. The van der Waals surface area contributed by atoms with Crippen LogP contribution in [0.1, 0.15) is 29.2 Å². The van der Waals surface area contributed by atoms with E-state index < -0.39 is 59.8 Å². The Hall–Kier alpha value is -6.21. The number of hydrogen-bond donors (Lipinski definition) is 8. The Morgan fingerprint density at radius 2 is 0.865 bits per heavy atom. The number of rotatable bonds is 17. The topological polar surface area (TPSA) is 220 Å². The number of aromatic hydroxyl groups is 2. The maximum atomic E-state index is 13.9. The molecule has 0 heterocycles. The number of carbonyl (C=O) groups excluding carboxylic acids is 4. The lowest BCUT2D eigenvalue weighted by Gasteiger charge is -2.26. The molecular weight excluding hydrogens is 666 g/mol. The van der Waals surface area contributed by atoms with Crippen LogP contribution in [0.4, 0.5) is 0 Å². The van der Waals surface area contributed by atoms with Gasteiger partial charge >= 0.3 is 5.97 Å². The van der Waals surface area contributed by atoms with Crippen molar-refractivity contribution < 1.29 is 39.3 Å². The molecule has 0 fully saturated rings. The van der Waals surface area contributed by atoms with Crippen molar-refractivity contribution in [1.82, 2.24) is 21.3 Å². The van der Waals surface area contributed by atoms with Crippen molar-refractivity contribution in [2.75, 3.05) is 0 Å². The van der Waals surface area contributed by atoms with Crippen molar-refractivity contribution in [2.45, 2.75) is 62.8 Å². The second-order valence-electron chi connectivity index (χ2n) is 12.5. The molecule has 0 saturated carbocycles. The lowest BCUT2D eigenvalue weighted by atomic mass is 10.0. The molecule has 4 amide bonds. The smallest absolute Gasteiger partial charge is 0.326 e. The number of nitrogens with one attached hydrogen (secondary N) is 4. The number of nitrogens with two attached hydrogens (primary N) is 1. The summed E-state index contributed by atoms with van der Waals surface area (Å²) < 4.78 is 0. The van der Waals surface area contributed by atoms with Gasteiger partial charge in [0.15, 0.2) is 0 Å². The average Bonchev–Trinajstić information content (AvgIpc) is 3.13. The van der Waals surface area contributed by atoms with E-state index in [9.17, 15) is 39.3 Å². The van der Waals surface area contributed by atoms with Gasteiger partial charge in [-0.3, -0.25) is 19.2 Å². The first-order valence-electron chi connectivity index (χ1n) is 16.7. The minimum absolute atomic E-state index is 0.00779. The maximum absolute atomic E-state index is 13.9. The van der Waals surface area contributed by atoms with E-state index in [1.165, 1.54) is 31.2 Å². The fourth-order valence-corrected chi connectivity index (χ4v) is 5.39. The highest BCUT2D eigenvalue weighted by atomic mass is 16.4. The SMILES string of the molecule is C[C@@H](NC(=O)[C@H](N)Cc1ccc(O)cc1)C(=O)N[C@H](Cc1ccccc1)C(=O)N[C@H](Cc1ccccc1)C(=O)N[C@H](Cc1ccc(O)cc1)C(=O)O. The lowest BCUT2D eigenvalue weighted by Crippen LogP contribution is -2.59. The van der Waals surface area contributed by atoms with E-state index in [0.717, 1.165) is 0 Å². The molecule has 4 aromatic carbocycles. The first-order chi connectivity index (χ1) is 24.9. The first-order valence-corrected chi connectivity index (χ1v) is 16.7. The molecule has 272 valence electrons. The van der Waals surface area contributed by atoms with E-state index in [4.69, 9.17) is 5.73 Å². The van der Waals surface area contributed by atoms with Crippen molar-refractivity contribution in [3.63, 3.8) is 0 Å². The summed E-state index contributed by atoms with van der Waals surface area (Å²) in [6, 6.07) is 24.0. The van der Waals surface area contributed by atoms with E-state index in [1.807, 2.05) is 0 Å². The molecule has 0 aliphatic heterocycles. The van der Waals surface area contributed by atoms with Crippen LogP contribution in [-0.2, 0) is 49.7 Å². The Morgan fingerprint density at radius 3 is 1.31 bits per heavy atom. The summed E-state index contributed by atoms with van der Waals surface area (Å²) in [5, 5.41) is 39.5. The highest BCUT2D eigenvalue weighted by Gasteiger charge is 2.31. The molecule has 4 aromatic rings. The minimum Gasteiger partial charge on any atom is -0.508 e. The fourth-order valence-electron chi connectivity index (χ4n) is 5.39. The van der Waals surface area contributed by atoms with Gasteiger partial charge in [-0.25, -0.2) is 4.79 Å². The molecule has 5 atom stereocenters. The number of amides is 4. The van der Waals surface area contributed by atoms with Gasteiger partial charge in [-0.15, -0.1) is 0 Å². The Balaban J connectivity index is 1.49. The van der Waals surface area contributed by atoms with Gasteiger partial charge in [0, 0.05) is 19.3 Å². The molecular formula is C39H43N5O8. The predicted molar refractivity (Wildman–Crippen MR) is 193 cm³/mol. The molecule has 0 aromatic heterocycles. The number of phenolic OH excluding ortho intramolecular Hbond substituents is 2. The molecule has 4 rings (SSSR count). The van der Waals surface area contributed by atoms with Crippen molar-refractivity contribution >= 4 is 29.6 Å². The Bertz CT molecular complexity index is 1800. The number of hydrogen-bond acceptors (Lipinski definition) is 8. The van der Waals surface area contributed by atoms with Crippen molar-refractivity contribution in [3.05, 3.63) is 131 Å². The van der Waals surface area contributed by atoms with Crippen LogP contribution in [0.25, 0.3) is 0 Å². The number of carboxylic acid groups (broad SMARTS) is 1. The largest absolute Gasteiger partial charge is 0.508 e. The van der Waals surface area contributed by atoms with Gasteiger partial charge in [0.1, 0.15) is 35.7 Å². The minimum atomic E-state index is -1.35. The molecule has 9 N–H and O–H groups in total. The van der Waals surface area contributed by atoms with Crippen LogP contribution in [0.15, 0.2) is 109 Å². The molecule has 0 aliphatic rings. The molecule has 13 nitrogen and oxygen atoms in total. The zero-order valence-electron chi connectivity index (χ0n) is 28.6. The zero-order valence-corrected chi connectivity index (χ0v) is 28.6. The number of benzene rings is 4. The van der Waals surface area contributed by atoms with E-state index in [-0.39, 0.29) is 37.2 Å². The third kappa shape index (κ3) is 12.0. The molecule has 0 spiro atoms. The van der Waals surface area contributed by atoms with Crippen LogP contribution >= 0.6 is 0 Å². The summed E-state index contributed by atoms with van der Waals surface area (Å²) >= 11 is 0. The number of aliphatic carboxylic acids is 1. The van der Waals surface area contributed by atoms with Crippen LogP contribution < -0.4 is 27.0 Å². The first kappa shape index (κ1) is 38.6. The summed E-state index contributed by atoms with van der Waals surface area (Å²) in [6.07, 6.45) is 0.128. The Kier molecular flexibility index (Phi) is 13.9. The van der Waals surface area contributed by atoms with Crippen LogP contribution in [0.3, 0.4) is 0 Å². The van der Waals surface area contributed by atoms with Gasteiger partial charge < -0.3 is 42.3 Å².